The Balaban J connectivity index is 1.31. The summed E-state index contributed by atoms with van der Waals surface area (Å²) in [5.41, 5.74) is 2.28. The van der Waals surface area contributed by atoms with Crippen molar-refractivity contribution in [1.82, 2.24) is 25.1 Å². The van der Waals surface area contributed by atoms with Crippen LogP contribution < -0.4 is 5.32 Å². The predicted molar refractivity (Wildman–Crippen MR) is 125 cm³/mol. The average molecular weight is 483 g/mol. The summed E-state index contributed by atoms with van der Waals surface area (Å²) in [5, 5.41) is 6.85. The summed E-state index contributed by atoms with van der Waals surface area (Å²) < 4.78 is 43.0. The van der Waals surface area contributed by atoms with Crippen LogP contribution in [0.5, 0.6) is 0 Å². The molecule has 182 valence electrons. The monoisotopic (exact) mass is 483 g/mol. The maximum absolute atomic E-state index is 14.2. The number of alkyl halides is 2. The Hall–Kier alpha value is -3.76. The van der Waals surface area contributed by atoms with Crippen LogP contribution in [-0.4, -0.2) is 51.1 Å². The summed E-state index contributed by atoms with van der Waals surface area (Å²) in [6.45, 7) is 3.57. The summed E-state index contributed by atoms with van der Waals surface area (Å²) in [5.74, 6) is -4.19. The molecule has 2 aliphatic carbocycles. The molecule has 0 aliphatic heterocycles. The maximum atomic E-state index is 14.2. The Morgan fingerprint density at radius 2 is 2.03 bits per heavy atom. The van der Waals surface area contributed by atoms with Gasteiger partial charge < -0.3 is 10.3 Å². The lowest BCUT2D eigenvalue weighted by Gasteiger charge is -2.11. The number of H-pyrrole nitrogens is 1. The van der Waals surface area contributed by atoms with Crippen molar-refractivity contribution in [2.24, 2.45) is 28.9 Å². The van der Waals surface area contributed by atoms with E-state index in [1.54, 1.807) is 30.2 Å². The van der Waals surface area contributed by atoms with Gasteiger partial charge in [-0.25, -0.2) is 23.1 Å². The van der Waals surface area contributed by atoms with Gasteiger partial charge >= 0.3 is 0 Å². The lowest BCUT2D eigenvalue weighted by molar-refractivity contribution is -0.114. The normalized spacial score (nSPS) is 22.7. The molecule has 2 atom stereocenters. The van der Waals surface area contributed by atoms with E-state index in [4.69, 9.17) is 0 Å². The van der Waals surface area contributed by atoms with Crippen molar-refractivity contribution < 1.29 is 18.0 Å². The molecule has 8 nitrogen and oxygen atoms in total. The number of rotatable bonds is 7. The van der Waals surface area contributed by atoms with Crippen molar-refractivity contribution in [1.29, 1.82) is 0 Å². The topological polar surface area (TPSA) is 100 Å². The molecule has 2 saturated carbocycles. The van der Waals surface area contributed by atoms with E-state index >= 15 is 0 Å². The quantitative estimate of drug-likeness (QED) is 0.500. The first-order valence-electron chi connectivity index (χ1n) is 11.2. The molecule has 2 N–H and O–H groups in total. The van der Waals surface area contributed by atoms with Crippen LogP contribution in [0.2, 0.25) is 0 Å². The van der Waals surface area contributed by atoms with Crippen LogP contribution in [0.15, 0.2) is 40.6 Å². The number of halogens is 3. The van der Waals surface area contributed by atoms with Crippen LogP contribution >= 0.6 is 0 Å². The van der Waals surface area contributed by atoms with Gasteiger partial charge in [0.2, 0.25) is 0 Å². The van der Waals surface area contributed by atoms with Gasteiger partial charge in [-0.2, -0.15) is 5.10 Å². The Kier molecular flexibility index (Phi) is 5.57. The number of aliphatic imine (C=N–C) groups is 2. The minimum absolute atomic E-state index is 0.0449. The molecule has 2 fully saturated rings. The van der Waals surface area contributed by atoms with Crippen molar-refractivity contribution >= 4 is 24.2 Å². The lowest BCUT2D eigenvalue weighted by atomic mass is 10.0. The third-order valence-corrected chi connectivity index (χ3v) is 6.81. The van der Waals surface area contributed by atoms with Crippen LogP contribution in [0.1, 0.15) is 35.8 Å². The molecule has 5 rings (SSSR count). The van der Waals surface area contributed by atoms with Gasteiger partial charge in [0, 0.05) is 50.2 Å². The van der Waals surface area contributed by atoms with Crippen LogP contribution in [-0.2, 0) is 18.4 Å². The minimum Gasteiger partial charge on any atom is -0.347 e. The van der Waals surface area contributed by atoms with Crippen molar-refractivity contribution in [3.05, 3.63) is 53.5 Å². The molecule has 0 radical (unpaired) electrons. The standard InChI is InChI=1S/C24H24F3N7O/c1-28-20(19-22(29-2)33-21(32-19)14-7-17-18(8-14)24(17,26)27)23(35)30-9-12-4-13(6-16(25)5-12)15-10-31-34(3)11-15/h4-6,10-11,14,17-18H,2,7-9H2,1,3H3,(H,30,35)(H,32,33)/b28-20+. The zero-order chi connectivity index (χ0) is 24.9. The van der Waals surface area contributed by atoms with Gasteiger partial charge in [-0.3, -0.25) is 14.5 Å². The van der Waals surface area contributed by atoms with Gasteiger partial charge in [0.05, 0.1) is 6.20 Å². The summed E-state index contributed by atoms with van der Waals surface area (Å²) in [7, 11) is 3.23. The molecule has 11 heteroatoms. The number of hydrogen-bond acceptors (Lipinski definition) is 5. The van der Waals surface area contributed by atoms with E-state index in [1.807, 2.05) is 0 Å². The van der Waals surface area contributed by atoms with Crippen LogP contribution in [0.25, 0.3) is 11.1 Å². The third kappa shape index (κ3) is 4.15. The molecule has 2 aromatic heterocycles. The van der Waals surface area contributed by atoms with Crippen molar-refractivity contribution in [2.45, 2.75) is 31.2 Å². The molecule has 0 saturated heterocycles. The number of carbonyl (C=O) groups excluding carboxylic acids is 1. The number of amides is 1. The third-order valence-electron chi connectivity index (χ3n) is 6.81. The highest BCUT2D eigenvalue weighted by Crippen LogP contribution is 2.67. The number of fused-ring (bicyclic) bond motifs is 1. The molecular weight excluding hydrogens is 459 g/mol. The van der Waals surface area contributed by atoms with Crippen LogP contribution in [0.3, 0.4) is 0 Å². The van der Waals surface area contributed by atoms with E-state index in [1.165, 1.54) is 19.2 Å². The predicted octanol–water partition coefficient (Wildman–Crippen LogP) is 3.78. The van der Waals surface area contributed by atoms with E-state index in [-0.39, 0.29) is 29.7 Å². The number of nitrogens with one attached hydrogen (secondary N) is 2. The number of benzene rings is 1. The number of aromatic amines is 1. The van der Waals surface area contributed by atoms with Gasteiger partial charge in [-0.05, 0) is 48.9 Å². The van der Waals surface area contributed by atoms with Crippen molar-refractivity contribution in [2.75, 3.05) is 7.05 Å². The Morgan fingerprint density at radius 1 is 1.29 bits per heavy atom. The number of carbonyl (C=O) groups is 1. The van der Waals surface area contributed by atoms with E-state index in [9.17, 15) is 18.0 Å². The van der Waals surface area contributed by atoms with E-state index in [0.717, 1.165) is 5.56 Å². The van der Waals surface area contributed by atoms with E-state index in [0.29, 0.717) is 29.8 Å². The largest absolute Gasteiger partial charge is 0.347 e. The number of aryl methyl sites for hydroxylation is 1. The highest BCUT2D eigenvalue weighted by Gasteiger charge is 2.71. The number of hydrogen-bond donors (Lipinski definition) is 2. The minimum atomic E-state index is -2.57. The van der Waals surface area contributed by atoms with Crippen molar-refractivity contribution in [3.8, 4) is 11.1 Å². The molecule has 35 heavy (non-hydrogen) atoms. The van der Waals surface area contributed by atoms with Gasteiger partial charge in [0.1, 0.15) is 23.0 Å². The van der Waals surface area contributed by atoms with E-state index < -0.39 is 29.5 Å². The molecule has 1 amide bonds. The average Bonchev–Trinajstić information content (AvgIpc) is 3.38. The second kappa shape index (κ2) is 8.47. The molecule has 2 heterocycles. The molecular formula is C24H24F3N7O. The molecule has 3 aromatic rings. The van der Waals surface area contributed by atoms with Gasteiger partial charge in [-0.1, -0.05) is 0 Å². The fourth-order valence-electron chi connectivity index (χ4n) is 4.97. The molecule has 0 bridgehead atoms. The zero-order valence-electron chi connectivity index (χ0n) is 19.2. The van der Waals surface area contributed by atoms with E-state index in [2.05, 4.69) is 37.1 Å². The first kappa shape index (κ1) is 23.0. The Morgan fingerprint density at radius 3 is 2.66 bits per heavy atom. The molecule has 1 aromatic carbocycles. The SMILES string of the molecule is C=Nc1nc(C2CC3C(C2)C3(F)F)[nH]c1/C(=N\C)C(=O)NCc1cc(F)cc(-c2cnn(C)c2)c1. The zero-order valence-corrected chi connectivity index (χ0v) is 19.2. The highest BCUT2D eigenvalue weighted by molar-refractivity contribution is 6.45. The lowest BCUT2D eigenvalue weighted by Crippen LogP contribution is -2.31. The summed E-state index contributed by atoms with van der Waals surface area (Å²) >= 11 is 0. The van der Waals surface area contributed by atoms with Crippen LogP contribution in [0.4, 0.5) is 19.0 Å². The number of imidazole rings is 1. The fraction of sp³-hybridized carbons (Fsp3) is 0.375. The van der Waals surface area contributed by atoms with Crippen molar-refractivity contribution in [3.63, 3.8) is 0 Å². The first-order chi connectivity index (χ1) is 16.7. The number of aromatic nitrogens is 4. The van der Waals surface area contributed by atoms with Gasteiger partial charge in [0.15, 0.2) is 5.82 Å². The number of nitrogens with zero attached hydrogens (tertiary/aromatic N) is 5. The maximum Gasteiger partial charge on any atom is 0.272 e. The highest BCUT2D eigenvalue weighted by atomic mass is 19.3. The Bertz CT molecular complexity index is 1330. The van der Waals surface area contributed by atoms with Gasteiger partial charge in [0.25, 0.3) is 11.8 Å². The summed E-state index contributed by atoms with van der Waals surface area (Å²) in [6.07, 6.45) is 4.08. The Labute approximate surface area is 199 Å². The summed E-state index contributed by atoms with van der Waals surface area (Å²) in [4.78, 5) is 28.4. The first-order valence-corrected chi connectivity index (χ1v) is 11.2. The summed E-state index contributed by atoms with van der Waals surface area (Å²) in [6, 6.07) is 4.52. The second-order valence-corrected chi connectivity index (χ2v) is 9.04. The molecule has 2 aliphatic rings. The van der Waals surface area contributed by atoms with Crippen LogP contribution in [0, 0.1) is 17.7 Å². The second-order valence-electron chi connectivity index (χ2n) is 9.04. The van der Waals surface area contributed by atoms with Gasteiger partial charge in [-0.15, -0.1) is 0 Å². The fourth-order valence-corrected chi connectivity index (χ4v) is 4.97. The smallest absolute Gasteiger partial charge is 0.272 e. The molecule has 0 spiro atoms. The molecule has 2 unspecified atom stereocenters.